The lowest BCUT2D eigenvalue weighted by Gasteiger charge is -2.25. The molecule has 0 aromatic heterocycles. The molecule has 5 heteroatoms. The summed E-state index contributed by atoms with van der Waals surface area (Å²) in [4.78, 5) is 24.4. The largest absolute Gasteiger partial charge is 0.352 e. The predicted molar refractivity (Wildman–Crippen MR) is 62.1 cm³/mol. The molecule has 1 aliphatic heterocycles. The first kappa shape index (κ1) is 12.8. The predicted octanol–water partition coefficient (Wildman–Crippen LogP) is 0.705. The zero-order valence-corrected chi connectivity index (χ0v) is 10.5. The van der Waals surface area contributed by atoms with Crippen molar-refractivity contribution in [3.05, 3.63) is 0 Å². The van der Waals surface area contributed by atoms with Gasteiger partial charge in [0, 0.05) is 31.6 Å². The molecular weight excluding hydrogens is 206 g/mol. The van der Waals surface area contributed by atoms with E-state index in [0.717, 1.165) is 6.42 Å². The van der Waals surface area contributed by atoms with E-state index >= 15 is 0 Å². The van der Waals surface area contributed by atoms with Crippen LogP contribution in [0.2, 0.25) is 0 Å². The van der Waals surface area contributed by atoms with Gasteiger partial charge in [0.15, 0.2) is 0 Å². The van der Waals surface area contributed by atoms with Gasteiger partial charge in [-0.15, -0.1) is 0 Å². The van der Waals surface area contributed by atoms with Gasteiger partial charge in [-0.3, -0.25) is 4.79 Å². The van der Waals surface area contributed by atoms with Gasteiger partial charge in [-0.2, -0.15) is 0 Å². The van der Waals surface area contributed by atoms with Gasteiger partial charge in [-0.05, 0) is 27.2 Å². The van der Waals surface area contributed by atoms with E-state index in [1.165, 1.54) is 6.92 Å². The van der Waals surface area contributed by atoms with E-state index in [1.807, 2.05) is 20.8 Å². The molecule has 0 aromatic carbocycles. The third kappa shape index (κ3) is 4.08. The molecule has 5 nitrogen and oxygen atoms in total. The zero-order chi connectivity index (χ0) is 12.3. The molecule has 0 saturated carbocycles. The van der Waals surface area contributed by atoms with Crippen LogP contribution < -0.4 is 10.6 Å². The molecule has 92 valence electrons. The van der Waals surface area contributed by atoms with Crippen molar-refractivity contribution in [1.82, 2.24) is 15.5 Å². The minimum Gasteiger partial charge on any atom is -0.352 e. The number of likely N-dealkylation sites (tertiary alicyclic amines) is 1. The van der Waals surface area contributed by atoms with Crippen molar-refractivity contribution in [1.29, 1.82) is 0 Å². The fraction of sp³-hybridized carbons (Fsp3) is 0.818. The van der Waals surface area contributed by atoms with Gasteiger partial charge in [0.2, 0.25) is 5.91 Å². The normalized spacial score (nSPS) is 20.8. The molecular formula is C11H21N3O2. The van der Waals surface area contributed by atoms with Gasteiger partial charge < -0.3 is 15.5 Å². The average Bonchev–Trinajstić information content (AvgIpc) is 2.48. The van der Waals surface area contributed by atoms with Crippen LogP contribution in [0.5, 0.6) is 0 Å². The van der Waals surface area contributed by atoms with E-state index in [0.29, 0.717) is 13.1 Å². The fourth-order valence-corrected chi connectivity index (χ4v) is 1.75. The molecule has 0 bridgehead atoms. The maximum absolute atomic E-state index is 11.8. The van der Waals surface area contributed by atoms with E-state index in [-0.39, 0.29) is 23.5 Å². The number of carbonyl (C=O) groups excluding carboxylic acids is 2. The van der Waals surface area contributed by atoms with Crippen LogP contribution in [-0.2, 0) is 4.79 Å². The molecule has 0 aromatic rings. The smallest absolute Gasteiger partial charge is 0.317 e. The molecule has 0 spiro atoms. The number of amides is 3. The van der Waals surface area contributed by atoms with Gasteiger partial charge in [0.25, 0.3) is 0 Å². The summed E-state index contributed by atoms with van der Waals surface area (Å²) in [6.07, 6.45) is 0.830. The Morgan fingerprint density at radius 3 is 2.44 bits per heavy atom. The molecule has 0 radical (unpaired) electrons. The number of carbonyl (C=O) groups is 2. The maximum atomic E-state index is 11.8. The second-order valence-electron chi connectivity index (χ2n) is 5.31. The summed E-state index contributed by atoms with van der Waals surface area (Å²) in [6.45, 7) is 8.65. The number of urea groups is 1. The van der Waals surface area contributed by atoms with E-state index in [1.54, 1.807) is 4.90 Å². The fourth-order valence-electron chi connectivity index (χ4n) is 1.75. The van der Waals surface area contributed by atoms with Crippen LogP contribution in [0, 0.1) is 0 Å². The number of nitrogens with zero attached hydrogens (tertiary/aromatic N) is 1. The SMILES string of the molecule is CC(=O)NC1CCN(C(=O)NC(C)(C)C)C1. The number of hydrogen-bond acceptors (Lipinski definition) is 2. The summed E-state index contributed by atoms with van der Waals surface area (Å²) in [7, 11) is 0. The van der Waals surface area contributed by atoms with Crippen LogP contribution in [0.15, 0.2) is 0 Å². The quantitative estimate of drug-likeness (QED) is 0.693. The topological polar surface area (TPSA) is 61.4 Å². The van der Waals surface area contributed by atoms with Gasteiger partial charge in [0.05, 0.1) is 0 Å². The first-order chi connectivity index (χ1) is 7.28. The Labute approximate surface area is 96.6 Å². The highest BCUT2D eigenvalue weighted by atomic mass is 16.2. The Morgan fingerprint density at radius 1 is 1.31 bits per heavy atom. The third-order valence-corrected chi connectivity index (χ3v) is 2.36. The van der Waals surface area contributed by atoms with E-state index in [9.17, 15) is 9.59 Å². The summed E-state index contributed by atoms with van der Waals surface area (Å²) >= 11 is 0. The lowest BCUT2D eigenvalue weighted by Crippen LogP contribution is -2.48. The summed E-state index contributed by atoms with van der Waals surface area (Å²) in [5, 5.41) is 5.74. The molecule has 3 amide bonds. The third-order valence-electron chi connectivity index (χ3n) is 2.36. The standard InChI is InChI=1S/C11H21N3O2/c1-8(15)12-9-5-6-14(7-9)10(16)13-11(2,3)4/h9H,5-7H2,1-4H3,(H,12,15)(H,13,16). The Kier molecular flexibility index (Phi) is 3.78. The highest BCUT2D eigenvalue weighted by Gasteiger charge is 2.28. The van der Waals surface area contributed by atoms with Crippen molar-refractivity contribution < 1.29 is 9.59 Å². The van der Waals surface area contributed by atoms with E-state index in [4.69, 9.17) is 0 Å². The first-order valence-electron chi connectivity index (χ1n) is 5.62. The highest BCUT2D eigenvalue weighted by Crippen LogP contribution is 2.10. The summed E-state index contributed by atoms with van der Waals surface area (Å²) in [6, 6.07) is 0.0450. The molecule has 16 heavy (non-hydrogen) atoms. The van der Waals surface area contributed by atoms with Crippen LogP contribution in [0.25, 0.3) is 0 Å². The summed E-state index contributed by atoms with van der Waals surface area (Å²) in [5.74, 6) is -0.0388. The number of nitrogens with one attached hydrogen (secondary N) is 2. The Hall–Kier alpha value is -1.26. The molecule has 1 rings (SSSR count). The second kappa shape index (κ2) is 4.72. The van der Waals surface area contributed by atoms with Crippen LogP contribution in [0.4, 0.5) is 4.79 Å². The van der Waals surface area contributed by atoms with Crippen molar-refractivity contribution >= 4 is 11.9 Å². The van der Waals surface area contributed by atoms with Gasteiger partial charge in [-0.25, -0.2) is 4.79 Å². The average molecular weight is 227 g/mol. The van der Waals surface area contributed by atoms with E-state index in [2.05, 4.69) is 10.6 Å². The summed E-state index contributed by atoms with van der Waals surface area (Å²) in [5.41, 5.74) is -0.219. The van der Waals surface area contributed by atoms with Crippen LogP contribution in [-0.4, -0.2) is 41.5 Å². The monoisotopic (exact) mass is 227 g/mol. The molecule has 1 heterocycles. The van der Waals surface area contributed by atoms with Crippen LogP contribution >= 0.6 is 0 Å². The molecule has 2 N–H and O–H groups in total. The minimum atomic E-state index is -0.219. The maximum Gasteiger partial charge on any atom is 0.317 e. The van der Waals surface area contributed by atoms with Crippen molar-refractivity contribution in [3.63, 3.8) is 0 Å². The van der Waals surface area contributed by atoms with Crippen molar-refractivity contribution in [2.75, 3.05) is 13.1 Å². The van der Waals surface area contributed by atoms with Crippen molar-refractivity contribution in [3.8, 4) is 0 Å². The lowest BCUT2D eigenvalue weighted by molar-refractivity contribution is -0.119. The molecule has 1 aliphatic rings. The van der Waals surface area contributed by atoms with Crippen molar-refractivity contribution in [2.45, 2.75) is 45.7 Å². The molecule has 1 unspecified atom stereocenters. The van der Waals surface area contributed by atoms with Crippen LogP contribution in [0.3, 0.4) is 0 Å². The molecule has 1 atom stereocenters. The van der Waals surface area contributed by atoms with E-state index < -0.39 is 0 Å². The number of rotatable bonds is 1. The molecule has 1 saturated heterocycles. The van der Waals surface area contributed by atoms with Crippen molar-refractivity contribution in [2.24, 2.45) is 0 Å². The van der Waals surface area contributed by atoms with Gasteiger partial charge in [-0.1, -0.05) is 0 Å². The van der Waals surface area contributed by atoms with Gasteiger partial charge in [0.1, 0.15) is 0 Å². The molecule has 1 fully saturated rings. The Morgan fingerprint density at radius 2 is 1.94 bits per heavy atom. The summed E-state index contributed by atoms with van der Waals surface area (Å²) < 4.78 is 0. The lowest BCUT2D eigenvalue weighted by atomic mass is 10.1. The number of hydrogen-bond donors (Lipinski definition) is 2. The first-order valence-corrected chi connectivity index (χ1v) is 5.62. The highest BCUT2D eigenvalue weighted by molar-refractivity contribution is 5.76. The van der Waals surface area contributed by atoms with Crippen LogP contribution in [0.1, 0.15) is 34.1 Å². The Balaban J connectivity index is 2.41. The Bertz CT molecular complexity index is 283. The second-order valence-corrected chi connectivity index (χ2v) is 5.31. The van der Waals surface area contributed by atoms with Gasteiger partial charge >= 0.3 is 6.03 Å². The zero-order valence-electron chi connectivity index (χ0n) is 10.5. The minimum absolute atomic E-state index is 0.0388. The molecule has 0 aliphatic carbocycles.